The predicted molar refractivity (Wildman–Crippen MR) is 83.8 cm³/mol. The summed E-state index contributed by atoms with van der Waals surface area (Å²) in [7, 11) is 0. The van der Waals surface area contributed by atoms with E-state index >= 15 is 0 Å². The Labute approximate surface area is 132 Å². The Balaban J connectivity index is 2.15. The molecule has 3 rings (SSSR count). The van der Waals surface area contributed by atoms with E-state index in [1.165, 1.54) is 0 Å². The fourth-order valence-corrected chi connectivity index (χ4v) is 2.72. The van der Waals surface area contributed by atoms with Crippen LogP contribution in [0.1, 0.15) is 30.9 Å². The van der Waals surface area contributed by atoms with Crippen LogP contribution in [-0.2, 0) is 13.1 Å². The van der Waals surface area contributed by atoms with Crippen LogP contribution in [0.4, 0.5) is 0 Å². The lowest BCUT2D eigenvalue weighted by molar-refractivity contribution is 0.639. The third kappa shape index (κ3) is 2.63. The Morgan fingerprint density at radius 1 is 1.33 bits per heavy atom. The largest absolute Gasteiger partial charge is 0.319 e. The van der Waals surface area contributed by atoms with E-state index in [2.05, 4.69) is 26.7 Å². The van der Waals surface area contributed by atoms with Gasteiger partial charge in [-0.15, -0.1) is 21.8 Å². The molecule has 0 bridgehead atoms. The number of benzene rings is 1. The summed E-state index contributed by atoms with van der Waals surface area (Å²) in [6.07, 6.45) is 1.73. The fraction of sp³-hybridized carbons (Fsp3) is 0.357. The molecule has 0 spiro atoms. The van der Waals surface area contributed by atoms with Crippen LogP contribution >= 0.6 is 23.2 Å². The van der Waals surface area contributed by atoms with Crippen molar-refractivity contribution in [1.29, 1.82) is 0 Å². The monoisotopic (exact) mass is 323 g/mol. The summed E-state index contributed by atoms with van der Waals surface area (Å²) in [5.74, 6) is 1.68. The zero-order chi connectivity index (χ0) is 15.0. The average molecular weight is 324 g/mol. The molecule has 0 saturated heterocycles. The second-order valence-electron chi connectivity index (χ2n) is 4.84. The Hall–Kier alpha value is -1.59. The molecule has 0 aliphatic heterocycles. The molecular weight excluding hydrogens is 309 g/mol. The SMILES string of the molecule is CCn1cnnc1Cn1c(C(C)Cl)nc2ccc(Cl)cc21. The van der Waals surface area contributed by atoms with Crippen molar-refractivity contribution in [2.24, 2.45) is 0 Å². The molecule has 2 heterocycles. The molecule has 110 valence electrons. The van der Waals surface area contributed by atoms with Gasteiger partial charge in [-0.1, -0.05) is 11.6 Å². The normalized spacial score (nSPS) is 13.0. The van der Waals surface area contributed by atoms with Crippen LogP contribution in [0.3, 0.4) is 0 Å². The fourth-order valence-electron chi connectivity index (χ4n) is 2.39. The van der Waals surface area contributed by atoms with E-state index in [0.717, 1.165) is 29.2 Å². The highest BCUT2D eigenvalue weighted by atomic mass is 35.5. The third-order valence-corrected chi connectivity index (χ3v) is 3.86. The van der Waals surface area contributed by atoms with Crippen molar-refractivity contribution >= 4 is 34.2 Å². The molecule has 21 heavy (non-hydrogen) atoms. The van der Waals surface area contributed by atoms with Gasteiger partial charge in [0.15, 0.2) is 5.82 Å². The van der Waals surface area contributed by atoms with Crippen LogP contribution < -0.4 is 0 Å². The summed E-state index contributed by atoms with van der Waals surface area (Å²) in [6.45, 7) is 5.35. The van der Waals surface area contributed by atoms with E-state index in [4.69, 9.17) is 23.2 Å². The highest BCUT2D eigenvalue weighted by Gasteiger charge is 2.17. The van der Waals surface area contributed by atoms with E-state index in [-0.39, 0.29) is 5.38 Å². The molecule has 0 aliphatic carbocycles. The summed E-state index contributed by atoms with van der Waals surface area (Å²) in [4.78, 5) is 4.60. The number of hydrogen-bond acceptors (Lipinski definition) is 3. The minimum atomic E-state index is -0.200. The number of aromatic nitrogens is 5. The molecule has 0 fully saturated rings. The van der Waals surface area contributed by atoms with Crippen molar-refractivity contribution in [3.05, 3.63) is 41.2 Å². The molecule has 0 radical (unpaired) electrons. The maximum Gasteiger partial charge on any atom is 0.152 e. The van der Waals surface area contributed by atoms with Crippen LogP contribution in [0.2, 0.25) is 5.02 Å². The van der Waals surface area contributed by atoms with Crippen LogP contribution in [0.25, 0.3) is 11.0 Å². The molecule has 1 aromatic carbocycles. The molecule has 2 aromatic heterocycles. The van der Waals surface area contributed by atoms with E-state index < -0.39 is 0 Å². The van der Waals surface area contributed by atoms with E-state index in [1.54, 1.807) is 6.33 Å². The first-order chi connectivity index (χ1) is 10.1. The Morgan fingerprint density at radius 3 is 2.86 bits per heavy atom. The van der Waals surface area contributed by atoms with Gasteiger partial charge < -0.3 is 9.13 Å². The van der Waals surface area contributed by atoms with Crippen molar-refractivity contribution < 1.29 is 0 Å². The van der Waals surface area contributed by atoms with E-state index in [0.29, 0.717) is 11.6 Å². The lowest BCUT2D eigenvalue weighted by atomic mass is 10.3. The van der Waals surface area contributed by atoms with Crippen LogP contribution in [-0.4, -0.2) is 24.3 Å². The van der Waals surface area contributed by atoms with Crippen molar-refractivity contribution in [2.75, 3.05) is 0 Å². The first kappa shape index (κ1) is 14.4. The van der Waals surface area contributed by atoms with Crippen LogP contribution in [0.15, 0.2) is 24.5 Å². The molecule has 1 unspecified atom stereocenters. The smallest absolute Gasteiger partial charge is 0.152 e. The summed E-state index contributed by atoms with van der Waals surface area (Å²) in [5.41, 5.74) is 1.83. The van der Waals surface area contributed by atoms with Gasteiger partial charge in [-0.2, -0.15) is 0 Å². The molecule has 0 N–H and O–H groups in total. The van der Waals surface area contributed by atoms with Gasteiger partial charge in [0.25, 0.3) is 0 Å². The van der Waals surface area contributed by atoms with Crippen molar-refractivity contribution in [3.8, 4) is 0 Å². The number of nitrogens with zero attached hydrogens (tertiary/aromatic N) is 5. The van der Waals surface area contributed by atoms with Crippen molar-refractivity contribution in [2.45, 2.75) is 32.3 Å². The molecule has 1 atom stereocenters. The van der Waals surface area contributed by atoms with Crippen LogP contribution in [0, 0.1) is 0 Å². The summed E-state index contributed by atoms with van der Waals surface area (Å²) in [6, 6.07) is 5.64. The number of hydrogen-bond donors (Lipinski definition) is 0. The number of aryl methyl sites for hydroxylation is 1. The first-order valence-corrected chi connectivity index (χ1v) is 7.58. The molecule has 3 aromatic rings. The number of imidazole rings is 1. The maximum atomic E-state index is 6.27. The van der Waals surface area contributed by atoms with Gasteiger partial charge >= 0.3 is 0 Å². The first-order valence-electron chi connectivity index (χ1n) is 6.76. The zero-order valence-corrected chi connectivity index (χ0v) is 13.3. The number of fused-ring (bicyclic) bond motifs is 1. The van der Waals surface area contributed by atoms with Gasteiger partial charge in [-0.05, 0) is 32.0 Å². The number of halogens is 2. The highest BCUT2D eigenvalue weighted by Crippen LogP contribution is 2.27. The second kappa shape index (κ2) is 5.66. The van der Waals surface area contributed by atoms with Crippen molar-refractivity contribution in [1.82, 2.24) is 24.3 Å². The molecule has 0 aliphatic rings. The van der Waals surface area contributed by atoms with E-state index in [9.17, 15) is 0 Å². The summed E-state index contributed by atoms with van der Waals surface area (Å²) in [5, 5.41) is 8.62. The Bertz CT molecular complexity index is 775. The zero-order valence-electron chi connectivity index (χ0n) is 11.8. The summed E-state index contributed by atoms with van der Waals surface area (Å²) >= 11 is 12.4. The van der Waals surface area contributed by atoms with E-state index in [1.807, 2.05) is 29.7 Å². The topological polar surface area (TPSA) is 48.5 Å². The molecular formula is C14H15Cl2N5. The van der Waals surface area contributed by atoms with Crippen molar-refractivity contribution in [3.63, 3.8) is 0 Å². The van der Waals surface area contributed by atoms with Gasteiger partial charge in [0.2, 0.25) is 0 Å². The molecule has 0 amide bonds. The molecule has 7 heteroatoms. The number of alkyl halides is 1. The maximum absolute atomic E-state index is 6.27. The lowest BCUT2D eigenvalue weighted by Crippen LogP contribution is -2.10. The average Bonchev–Trinajstić information content (AvgIpc) is 3.04. The predicted octanol–water partition coefficient (Wildman–Crippen LogP) is 3.65. The van der Waals surface area contributed by atoms with Gasteiger partial charge in [-0.25, -0.2) is 4.98 Å². The van der Waals surface area contributed by atoms with Crippen LogP contribution in [0.5, 0.6) is 0 Å². The number of rotatable bonds is 4. The van der Waals surface area contributed by atoms with Gasteiger partial charge in [0, 0.05) is 11.6 Å². The quantitative estimate of drug-likeness (QED) is 0.688. The Kier molecular flexibility index (Phi) is 3.87. The molecule has 0 saturated carbocycles. The Morgan fingerprint density at radius 2 is 2.14 bits per heavy atom. The third-order valence-electron chi connectivity index (χ3n) is 3.43. The standard InChI is InChI=1S/C14H15Cl2N5/c1-3-20-8-17-19-13(20)7-21-12-6-10(16)4-5-11(12)18-14(21)9(2)15/h4-6,8-9H,3,7H2,1-2H3. The van der Waals surface area contributed by atoms with Gasteiger partial charge in [0.1, 0.15) is 12.2 Å². The summed E-state index contributed by atoms with van der Waals surface area (Å²) < 4.78 is 4.05. The minimum absolute atomic E-state index is 0.200. The second-order valence-corrected chi connectivity index (χ2v) is 5.93. The van der Waals surface area contributed by atoms with Gasteiger partial charge in [-0.3, -0.25) is 0 Å². The highest BCUT2D eigenvalue weighted by molar-refractivity contribution is 6.31. The van der Waals surface area contributed by atoms with Gasteiger partial charge in [0.05, 0.1) is 23.0 Å². The lowest BCUT2D eigenvalue weighted by Gasteiger charge is -2.10. The minimum Gasteiger partial charge on any atom is -0.319 e. The molecule has 5 nitrogen and oxygen atoms in total.